The van der Waals surface area contributed by atoms with Crippen molar-refractivity contribution in [2.24, 2.45) is 0 Å². The molecule has 26 heavy (non-hydrogen) atoms. The van der Waals surface area contributed by atoms with Crippen LogP contribution in [0.15, 0.2) is 30.3 Å². The van der Waals surface area contributed by atoms with Crippen LogP contribution in [0.2, 0.25) is 0 Å². The average Bonchev–Trinajstić information content (AvgIpc) is 2.59. The van der Waals surface area contributed by atoms with Gasteiger partial charge in [-0.15, -0.1) is 0 Å². The number of carbonyl (C=O) groups excluding carboxylic acids is 3. The van der Waals surface area contributed by atoms with Crippen molar-refractivity contribution in [3.05, 3.63) is 35.9 Å². The van der Waals surface area contributed by atoms with E-state index in [0.29, 0.717) is 0 Å². The van der Waals surface area contributed by atoms with E-state index in [-0.39, 0.29) is 21.3 Å². The molecule has 2 rings (SSSR count). The molecule has 6 nitrogen and oxygen atoms in total. The summed E-state index contributed by atoms with van der Waals surface area (Å²) >= 11 is 0. The average molecular weight is 364 g/mol. The van der Waals surface area contributed by atoms with Crippen LogP contribution in [-0.2, 0) is 20.9 Å². The molecule has 2 atom stereocenters. The van der Waals surface area contributed by atoms with Crippen molar-refractivity contribution in [2.45, 2.75) is 71.1 Å². The zero-order chi connectivity index (χ0) is 19.3. The predicted octanol–water partition coefficient (Wildman–Crippen LogP) is 2.48. The molecule has 0 radical (unpaired) electrons. The van der Waals surface area contributed by atoms with Gasteiger partial charge < -0.3 is 15.5 Å². The van der Waals surface area contributed by atoms with Crippen LogP contribution in [0.4, 0.5) is 0 Å². The summed E-state index contributed by atoms with van der Waals surface area (Å²) < 4.78 is 0. The number of nitrogens with zero attached hydrogens (tertiary/aromatic N) is 1. The Bertz CT molecular complexity index is 668. The van der Waals surface area contributed by atoms with E-state index in [0.717, 1.165) is 24.8 Å². The number of nitrogens with one attached hydrogen (secondary N) is 2. The molecule has 1 saturated heterocycles. The van der Waals surface area contributed by atoms with Gasteiger partial charge in [0.15, 0.2) is 6.04 Å². The van der Waals surface area contributed by atoms with Crippen LogP contribution in [0.5, 0.6) is 0 Å². The van der Waals surface area contributed by atoms with Crippen molar-refractivity contribution in [2.75, 3.05) is 0 Å². The maximum Gasteiger partial charge on any atom is 0.253 e. The predicted molar refractivity (Wildman–Crippen MR) is 104 cm³/mol. The largest absolute Gasteiger partial charge is 0.351 e. The van der Waals surface area contributed by atoms with Crippen molar-refractivity contribution in [3.63, 3.8) is 0 Å². The summed E-state index contributed by atoms with van der Waals surface area (Å²) in [5.74, 6) is -1.11. The first kappa shape index (κ1) is 19.9. The van der Waals surface area contributed by atoms with Crippen LogP contribution in [0.1, 0.15) is 55.4 Å². The van der Waals surface area contributed by atoms with E-state index < -0.39 is 23.4 Å². The number of rotatable bonds is 7. The van der Waals surface area contributed by atoms with E-state index in [2.05, 4.69) is 17.6 Å². The molecule has 1 aliphatic heterocycles. The monoisotopic (exact) mass is 363 g/mol. The third-order valence-corrected chi connectivity index (χ3v) is 4.71. The van der Waals surface area contributed by atoms with E-state index in [1.807, 2.05) is 37.3 Å². The van der Waals surface area contributed by atoms with Crippen molar-refractivity contribution < 1.29 is 17.2 Å². The molecule has 2 N–H and O–H groups in total. The number of hydrogen-bond acceptors (Lipinski definition) is 3. The van der Waals surface area contributed by atoms with E-state index in [1.165, 1.54) is 4.90 Å². The minimum absolute atomic E-state index is 0. The minimum Gasteiger partial charge on any atom is -0.351 e. The molecule has 1 heterocycles. The van der Waals surface area contributed by atoms with Crippen molar-refractivity contribution in [1.82, 2.24) is 15.5 Å². The summed E-state index contributed by atoms with van der Waals surface area (Å²) in [6.07, 6.45) is 2.57. The Morgan fingerprint density at radius 2 is 1.92 bits per heavy atom. The van der Waals surface area contributed by atoms with Gasteiger partial charge in [0, 0.05) is 15.4 Å². The van der Waals surface area contributed by atoms with Crippen LogP contribution >= 0.6 is 0 Å². The lowest BCUT2D eigenvalue weighted by atomic mass is 9.95. The maximum atomic E-state index is 12.9. The number of hydrogen-bond donors (Lipinski definition) is 2. The second kappa shape index (κ2) is 8.34. The molecule has 0 aromatic heterocycles. The van der Waals surface area contributed by atoms with Gasteiger partial charge in [0.25, 0.3) is 11.8 Å². The fourth-order valence-corrected chi connectivity index (χ4v) is 3.26. The van der Waals surface area contributed by atoms with E-state index in [1.54, 1.807) is 13.8 Å². The normalized spacial score (nSPS) is 20.5. The molecule has 1 aromatic carbocycles. The lowest BCUT2D eigenvalue weighted by Gasteiger charge is -2.42. The van der Waals surface area contributed by atoms with Gasteiger partial charge in [-0.3, -0.25) is 14.4 Å². The molecule has 1 aliphatic rings. The highest BCUT2D eigenvalue weighted by molar-refractivity contribution is 6.11. The molecule has 6 heteroatoms. The molecule has 2 unspecified atom stereocenters. The van der Waals surface area contributed by atoms with Crippen molar-refractivity contribution in [3.8, 4) is 0 Å². The molecule has 0 spiro atoms. The first-order valence-electron chi connectivity index (χ1n) is 9.27. The number of piperazine rings is 1. The van der Waals surface area contributed by atoms with Crippen molar-refractivity contribution in [1.29, 1.82) is 0 Å². The minimum atomic E-state index is -1.15. The second-order valence-corrected chi connectivity index (χ2v) is 7.34. The Morgan fingerprint density at radius 1 is 1.27 bits per heavy atom. The SMILES string of the molecule is CCCC(CC)NC(=O)C1C(=O)NC(C)(C)C(=O)N1Cc1ccccc1.[HH].[HH]. The second-order valence-electron chi connectivity index (χ2n) is 7.34. The third kappa shape index (κ3) is 4.42. The molecule has 0 aliphatic carbocycles. The maximum absolute atomic E-state index is 12.9. The van der Waals surface area contributed by atoms with Gasteiger partial charge in [-0.25, -0.2) is 0 Å². The smallest absolute Gasteiger partial charge is 0.253 e. The molecule has 0 bridgehead atoms. The molecular formula is C20H33N3O3. The quantitative estimate of drug-likeness (QED) is 0.731. The van der Waals surface area contributed by atoms with Gasteiger partial charge in [0.05, 0.1) is 0 Å². The van der Waals surface area contributed by atoms with E-state index >= 15 is 0 Å². The fourth-order valence-electron chi connectivity index (χ4n) is 3.26. The summed E-state index contributed by atoms with van der Waals surface area (Å²) in [4.78, 5) is 39.8. The Labute approximate surface area is 158 Å². The summed E-state index contributed by atoms with van der Waals surface area (Å²) in [5, 5.41) is 5.62. The Hall–Kier alpha value is -2.37. The van der Waals surface area contributed by atoms with E-state index in [9.17, 15) is 14.4 Å². The van der Waals surface area contributed by atoms with Crippen LogP contribution < -0.4 is 10.6 Å². The zero-order valence-corrected chi connectivity index (χ0v) is 16.0. The van der Waals surface area contributed by atoms with Crippen molar-refractivity contribution >= 4 is 17.7 Å². The van der Waals surface area contributed by atoms with Crippen LogP contribution in [-0.4, -0.2) is 40.2 Å². The topological polar surface area (TPSA) is 78.5 Å². The molecule has 1 fully saturated rings. The standard InChI is InChI=1S/C20H29N3O3.2H2/c1-5-10-15(6-2)21-17(24)16-18(25)22-20(3,4)19(26)23(16)13-14-11-8-7-9-12-14;;/h7-9,11-12,15-16H,5-6,10,13H2,1-4H3,(H,21,24)(H,22,25);2*1H. The number of carbonyl (C=O) groups is 3. The van der Waals surface area contributed by atoms with Gasteiger partial charge in [-0.05, 0) is 32.3 Å². The van der Waals surface area contributed by atoms with Gasteiger partial charge in [-0.1, -0.05) is 50.6 Å². The highest BCUT2D eigenvalue weighted by atomic mass is 16.2. The van der Waals surface area contributed by atoms with Gasteiger partial charge in [0.2, 0.25) is 5.91 Å². The van der Waals surface area contributed by atoms with Gasteiger partial charge in [0.1, 0.15) is 5.54 Å². The lowest BCUT2D eigenvalue weighted by Crippen LogP contribution is -2.71. The molecular weight excluding hydrogens is 330 g/mol. The zero-order valence-electron chi connectivity index (χ0n) is 16.0. The first-order valence-corrected chi connectivity index (χ1v) is 9.27. The van der Waals surface area contributed by atoms with Crippen LogP contribution in [0, 0.1) is 0 Å². The molecule has 3 amide bonds. The molecule has 0 saturated carbocycles. The fraction of sp³-hybridized carbons (Fsp3) is 0.550. The summed E-state index contributed by atoms with van der Waals surface area (Å²) in [6, 6.07) is 8.25. The summed E-state index contributed by atoms with van der Waals surface area (Å²) in [6.45, 7) is 7.59. The van der Waals surface area contributed by atoms with Crippen LogP contribution in [0.25, 0.3) is 0 Å². The van der Waals surface area contributed by atoms with Gasteiger partial charge in [-0.2, -0.15) is 0 Å². The number of amides is 3. The Morgan fingerprint density at radius 3 is 2.50 bits per heavy atom. The van der Waals surface area contributed by atoms with E-state index in [4.69, 9.17) is 0 Å². The summed E-state index contributed by atoms with van der Waals surface area (Å²) in [7, 11) is 0. The Balaban J connectivity index is 0.00000364. The first-order chi connectivity index (χ1) is 12.3. The Kier molecular flexibility index (Phi) is 6.40. The highest BCUT2D eigenvalue weighted by Gasteiger charge is 2.48. The van der Waals surface area contributed by atoms with Gasteiger partial charge >= 0.3 is 0 Å². The van der Waals surface area contributed by atoms with Crippen LogP contribution in [0.3, 0.4) is 0 Å². The lowest BCUT2D eigenvalue weighted by molar-refractivity contribution is -0.158. The third-order valence-electron chi connectivity index (χ3n) is 4.71. The molecule has 146 valence electrons. The molecule has 1 aromatic rings. The summed E-state index contributed by atoms with van der Waals surface area (Å²) in [5.41, 5.74) is -0.152. The number of benzene rings is 1. The highest BCUT2D eigenvalue weighted by Crippen LogP contribution is 2.21.